The Morgan fingerprint density at radius 2 is 1.68 bits per heavy atom. The average Bonchev–Trinajstić information content (AvgIpc) is 3.03. The maximum Gasteiger partial charge on any atom is 0.352 e. The second-order valence-electron chi connectivity index (χ2n) is 6.69. The third-order valence-electron chi connectivity index (χ3n) is 4.82. The van der Waals surface area contributed by atoms with E-state index in [0.29, 0.717) is 25.3 Å². The summed E-state index contributed by atoms with van der Waals surface area (Å²) in [6.45, 7) is 1.62. The highest BCUT2D eigenvalue weighted by Crippen LogP contribution is 2.27. The lowest BCUT2D eigenvalue weighted by molar-refractivity contribution is 0.0685. The van der Waals surface area contributed by atoms with E-state index < -0.39 is 5.97 Å². The summed E-state index contributed by atoms with van der Waals surface area (Å²) in [6, 6.07) is 21.7. The third kappa shape index (κ3) is 3.66. The number of nitrogens with one attached hydrogen (secondary N) is 1. The molecular formula is C23H21N3O2. The van der Waals surface area contributed by atoms with Crippen molar-refractivity contribution in [3.8, 4) is 0 Å². The number of pyridine rings is 1. The largest absolute Gasteiger partial charge is 0.477 e. The van der Waals surface area contributed by atoms with Crippen molar-refractivity contribution in [3.05, 3.63) is 102 Å². The molecule has 0 bridgehead atoms. The van der Waals surface area contributed by atoms with E-state index in [9.17, 15) is 9.90 Å². The first kappa shape index (κ1) is 17.9. The fourth-order valence-corrected chi connectivity index (χ4v) is 3.56. The molecule has 0 atom stereocenters. The van der Waals surface area contributed by atoms with E-state index in [0.717, 1.165) is 27.6 Å². The van der Waals surface area contributed by atoms with Gasteiger partial charge in [0.2, 0.25) is 0 Å². The molecule has 5 nitrogen and oxygen atoms in total. The topological polar surface area (TPSA) is 67.2 Å². The van der Waals surface area contributed by atoms with Crippen LogP contribution in [0.2, 0.25) is 0 Å². The van der Waals surface area contributed by atoms with Crippen molar-refractivity contribution in [2.45, 2.75) is 19.6 Å². The van der Waals surface area contributed by atoms with Crippen molar-refractivity contribution < 1.29 is 9.90 Å². The molecule has 0 aliphatic rings. The van der Waals surface area contributed by atoms with Gasteiger partial charge in [-0.05, 0) is 23.3 Å². The van der Waals surface area contributed by atoms with Gasteiger partial charge in [-0.3, -0.25) is 4.98 Å². The average molecular weight is 371 g/mol. The summed E-state index contributed by atoms with van der Waals surface area (Å²) in [6.07, 6.45) is 3.55. The number of rotatable bonds is 7. The molecule has 2 N–H and O–H groups in total. The molecule has 0 unspecified atom stereocenters. The summed E-state index contributed by atoms with van der Waals surface area (Å²) >= 11 is 0. The molecule has 0 radical (unpaired) electrons. The lowest BCUT2D eigenvalue weighted by Crippen LogP contribution is -2.17. The van der Waals surface area contributed by atoms with Crippen LogP contribution in [0.5, 0.6) is 0 Å². The van der Waals surface area contributed by atoms with Gasteiger partial charge in [0.1, 0.15) is 5.69 Å². The highest BCUT2D eigenvalue weighted by Gasteiger charge is 2.22. The number of para-hydroxylation sites is 1. The number of benzene rings is 2. The Morgan fingerprint density at radius 1 is 0.929 bits per heavy atom. The van der Waals surface area contributed by atoms with Gasteiger partial charge in [0.05, 0.1) is 0 Å². The Balaban J connectivity index is 1.70. The van der Waals surface area contributed by atoms with Gasteiger partial charge in [-0.1, -0.05) is 54.6 Å². The van der Waals surface area contributed by atoms with E-state index in [1.54, 1.807) is 6.20 Å². The molecule has 0 saturated heterocycles. The van der Waals surface area contributed by atoms with Crippen molar-refractivity contribution in [2.24, 2.45) is 0 Å². The molecular weight excluding hydrogens is 350 g/mol. The fourth-order valence-electron chi connectivity index (χ4n) is 3.56. The first-order chi connectivity index (χ1) is 13.7. The zero-order valence-electron chi connectivity index (χ0n) is 15.4. The molecule has 0 aliphatic heterocycles. The fraction of sp³-hybridized carbons (Fsp3) is 0.130. The van der Waals surface area contributed by atoms with Crippen molar-refractivity contribution in [1.82, 2.24) is 14.9 Å². The molecule has 0 amide bonds. The van der Waals surface area contributed by atoms with Crippen LogP contribution in [0, 0.1) is 0 Å². The molecule has 28 heavy (non-hydrogen) atoms. The summed E-state index contributed by atoms with van der Waals surface area (Å²) in [7, 11) is 0. The lowest BCUT2D eigenvalue weighted by atomic mass is 10.1. The van der Waals surface area contributed by atoms with Gasteiger partial charge in [0.25, 0.3) is 0 Å². The van der Waals surface area contributed by atoms with Crippen LogP contribution in [-0.4, -0.2) is 20.6 Å². The predicted molar refractivity (Wildman–Crippen MR) is 109 cm³/mol. The van der Waals surface area contributed by atoms with Crippen LogP contribution >= 0.6 is 0 Å². The molecule has 4 rings (SSSR count). The Kier molecular flexibility index (Phi) is 5.17. The van der Waals surface area contributed by atoms with Crippen LogP contribution in [-0.2, 0) is 19.6 Å². The number of carboxylic acids is 1. The van der Waals surface area contributed by atoms with E-state index in [4.69, 9.17) is 0 Å². The molecule has 0 saturated carbocycles. The number of aromatic nitrogens is 2. The predicted octanol–water partition coefficient (Wildman–Crippen LogP) is 4.07. The van der Waals surface area contributed by atoms with E-state index in [1.807, 2.05) is 77.5 Å². The third-order valence-corrected chi connectivity index (χ3v) is 4.82. The SMILES string of the molecule is O=C(O)c1c(CNCc2cccnc2)c2ccccc2n1Cc1ccccc1. The number of nitrogens with zero attached hydrogens (tertiary/aromatic N) is 2. The van der Waals surface area contributed by atoms with E-state index in [1.165, 1.54) is 0 Å². The summed E-state index contributed by atoms with van der Waals surface area (Å²) in [4.78, 5) is 16.3. The van der Waals surface area contributed by atoms with Crippen molar-refractivity contribution in [1.29, 1.82) is 0 Å². The molecule has 0 spiro atoms. The Labute approximate surface area is 163 Å². The number of aromatic carboxylic acids is 1. The molecule has 0 aliphatic carbocycles. The van der Waals surface area contributed by atoms with Gasteiger partial charge in [-0.2, -0.15) is 0 Å². The Morgan fingerprint density at radius 3 is 2.43 bits per heavy atom. The van der Waals surface area contributed by atoms with Gasteiger partial charge in [-0.15, -0.1) is 0 Å². The summed E-state index contributed by atoms with van der Waals surface area (Å²) in [5.74, 6) is -0.912. The smallest absolute Gasteiger partial charge is 0.352 e. The van der Waals surface area contributed by atoms with E-state index in [-0.39, 0.29) is 0 Å². The van der Waals surface area contributed by atoms with Gasteiger partial charge in [-0.25, -0.2) is 4.79 Å². The van der Waals surface area contributed by atoms with Crippen LogP contribution in [0.25, 0.3) is 10.9 Å². The maximum atomic E-state index is 12.2. The molecule has 0 fully saturated rings. The first-order valence-corrected chi connectivity index (χ1v) is 9.21. The highest BCUT2D eigenvalue weighted by atomic mass is 16.4. The standard InChI is InChI=1S/C23H21N3O2/c27-23(28)22-20(15-25-14-18-9-6-12-24-13-18)19-10-4-5-11-21(19)26(22)16-17-7-2-1-3-8-17/h1-13,25H,14-16H2,(H,27,28). The summed E-state index contributed by atoms with van der Waals surface area (Å²) in [5, 5.41) is 14.3. The van der Waals surface area contributed by atoms with Crippen molar-refractivity contribution in [2.75, 3.05) is 0 Å². The van der Waals surface area contributed by atoms with E-state index in [2.05, 4.69) is 10.3 Å². The van der Waals surface area contributed by atoms with Gasteiger partial charge < -0.3 is 15.0 Å². The Hall–Kier alpha value is -3.44. The molecule has 5 heteroatoms. The number of fused-ring (bicyclic) bond motifs is 1. The Bertz CT molecular complexity index is 1090. The van der Waals surface area contributed by atoms with Crippen LogP contribution in [0.3, 0.4) is 0 Å². The van der Waals surface area contributed by atoms with Gasteiger partial charge in [0, 0.05) is 48.5 Å². The molecule has 2 heterocycles. The minimum atomic E-state index is -0.912. The van der Waals surface area contributed by atoms with Crippen LogP contribution in [0.15, 0.2) is 79.1 Å². The maximum absolute atomic E-state index is 12.2. The van der Waals surface area contributed by atoms with Gasteiger partial charge in [0.15, 0.2) is 0 Å². The quantitative estimate of drug-likeness (QED) is 0.514. The molecule has 140 valence electrons. The molecule has 4 aromatic rings. The number of carboxylic acid groups (broad SMARTS) is 1. The normalized spacial score (nSPS) is 11.0. The van der Waals surface area contributed by atoms with E-state index >= 15 is 0 Å². The number of hydrogen-bond acceptors (Lipinski definition) is 3. The van der Waals surface area contributed by atoms with Crippen molar-refractivity contribution >= 4 is 16.9 Å². The monoisotopic (exact) mass is 371 g/mol. The number of hydrogen-bond donors (Lipinski definition) is 2. The minimum absolute atomic E-state index is 0.337. The minimum Gasteiger partial charge on any atom is -0.477 e. The van der Waals surface area contributed by atoms with Crippen LogP contribution in [0.1, 0.15) is 27.2 Å². The lowest BCUT2D eigenvalue weighted by Gasteiger charge is -2.10. The molecule has 2 aromatic carbocycles. The second-order valence-corrected chi connectivity index (χ2v) is 6.69. The number of carbonyl (C=O) groups is 1. The highest BCUT2D eigenvalue weighted by molar-refractivity contribution is 5.98. The zero-order chi connectivity index (χ0) is 19.3. The summed E-state index contributed by atoms with van der Waals surface area (Å²) in [5.41, 5.74) is 4.21. The van der Waals surface area contributed by atoms with Crippen molar-refractivity contribution in [3.63, 3.8) is 0 Å². The first-order valence-electron chi connectivity index (χ1n) is 9.21. The van der Waals surface area contributed by atoms with Crippen LogP contribution < -0.4 is 5.32 Å². The van der Waals surface area contributed by atoms with Gasteiger partial charge >= 0.3 is 5.97 Å². The van der Waals surface area contributed by atoms with Crippen LogP contribution in [0.4, 0.5) is 0 Å². The summed E-state index contributed by atoms with van der Waals surface area (Å²) < 4.78 is 1.90. The second kappa shape index (κ2) is 8.06. The zero-order valence-corrected chi connectivity index (χ0v) is 15.4. The molecule has 2 aromatic heterocycles.